The van der Waals surface area contributed by atoms with E-state index in [0.29, 0.717) is 26.3 Å². The first-order valence-electron chi connectivity index (χ1n) is 8.39. The maximum absolute atomic E-state index is 12.6. The molecule has 2 atom stereocenters. The molecule has 1 N–H and O–H groups in total. The Bertz CT molecular complexity index is 631. The second-order valence-electron chi connectivity index (χ2n) is 6.47. The molecule has 0 saturated carbocycles. The number of hydrogen-bond acceptors (Lipinski definition) is 4. The molecular formula is C18H24N2O4. The molecule has 2 amide bonds. The van der Waals surface area contributed by atoms with Gasteiger partial charge in [-0.2, -0.15) is 0 Å². The Morgan fingerprint density at radius 1 is 1.46 bits per heavy atom. The van der Waals surface area contributed by atoms with Crippen molar-refractivity contribution in [3.63, 3.8) is 0 Å². The molecular weight excluding hydrogens is 308 g/mol. The van der Waals surface area contributed by atoms with Crippen LogP contribution in [-0.2, 0) is 14.3 Å². The van der Waals surface area contributed by atoms with Gasteiger partial charge in [-0.1, -0.05) is 17.7 Å². The normalized spacial score (nSPS) is 22.9. The molecule has 1 aromatic carbocycles. The van der Waals surface area contributed by atoms with Crippen LogP contribution < -0.4 is 10.1 Å². The minimum Gasteiger partial charge on any atom is -0.493 e. The van der Waals surface area contributed by atoms with Crippen molar-refractivity contribution in [3.8, 4) is 5.75 Å². The first kappa shape index (κ1) is 16.8. The molecule has 2 unspecified atom stereocenters. The molecule has 0 bridgehead atoms. The molecule has 0 spiro atoms. The van der Waals surface area contributed by atoms with Crippen LogP contribution in [0.2, 0.25) is 0 Å². The van der Waals surface area contributed by atoms with E-state index in [0.717, 1.165) is 23.3 Å². The van der Waals surface area contributed by atoms with Gasteiger partial charge in [0.15, 0.2) is 0 Å². The highest BCUT2D eigenvalue weighted by molar-refractivity contribution is 5.89. The number of likely N-dealkylation sites (tertiary alicyclic amines) is 1. The maximum Gasteiger partial charge on any atom is 0.225 e. The fourth-order valence-electron chi connectivity index (χ4n) is 3.32. The zero-order valence-corrected chi connectivity index (χ0v) is 14.2. The van der Waals surface area contributed by atoms with E-state index in [2.05, 4.69) is 11.4 Å². The number of fused-ring (bicyclic) bond motifs is 1. The predicted octanol–water partition coefficient (Wildman–Crippen LogP) is 1.43. The van der Waals surface area contributed by atoms with Crippen LogP contribution >= 0.6 is 0 Å². The second-order valence-corrected chi connectivity index (χ2v) is 6.47. The maximum atomic E-state index is 12.6. The minimum atomic E-state index is -0.287. The molecule has 0 aromatic heterocycles. The van der Waals surface area contributed by atoms with Gasteiger partial charge in [-0.05, 0) is 13.0 Å². The van der Waals surface area contributed by atoms with Crippen molar-refractivity contribution in [1.29, 1.82) is 0 Å². The number of ether oxygens (including phenoxy) is 2. The lowest BCUT2D eigenvalue weighted by Crippen LogP contribution is -2.37. The fraction of sp³-hybridized carbons (Fsp3) is 0.556. The van der Waals surface area contributed by atoms with Crippen molar-refractivity contribution in [2.24, 2.45) is 5.92 Å². The van der Waals surface area contributed by atoms with Crippen molar-refractivity contribution in [1.82, 2.24) is 10.2 Å². The van der Waals surface area contributed by atoms with Gasteiger partial charge in [0.25, 0.3) is 0 Å². The molecule has 0 aliphatic carbocycles. The minimum absolute atomic E-state index is 0.0235. The van der Waals surface area contributed by atoms with Gasteiger partial charge < -0.3 is 19.7 Å². The predicted molar refractivity (Wildman–Crippen MR) is 88.7 cm³/mol. The molecule has 3 rings (SSSR count). The van der Waals surface area contributed by atoms with Gasteiger partial charge in [0.1, 0.15) is 5.75 Å². The number of carbonyl (C=O) groups is 2. The third kappa shape index (κ3) is 3.53. The Labute approximate surface area is 142 Å². The molecule has 2 aliphatic heterocycles. The molecule has 0 radical (unpaired) electrons. The number of rotatable bonds is 5. The van der Waals surface area contributed by atoms with Crippen LogP contribution in [0.25, 0.3) is 0 Å². The Morgan fingerprint density at radius 3 is 3.08 bits per heavy atom. The van der Waals surface area contributed by atoms with E-state index in [9.17, 15) is 9.59 Å². The SMILES string of the molecule is COCCN1CC(C(=O)NC2CCOc3ccc(C)cc32)CC1=O. The highest BCUT2D eigenvalue weighted by Gasteiger charge is 2.35. The summed E-state index contributed by atoms with van der Waals surface area (Å²) in [5.41, 5.74) is 2.16. The van der Waals surface area contributed by atoms with Crippen LogP contribution in [0.5, 0.6) is 5.75 Å². The summed E-state index contributed by atoms with van der Waals surface area (Å²) >= 11 is 0. The summed E-state index contributed by atoms with van der Waals surface area (Å²) in [6.45, 7) is 4.12. The summed E-state index contributed by atoms with van der Waals surface area (Å²) in [7, 11) is 1.61. The Balaban J connectivity index is 1.64. The van der Waals surface area contributed by atoms with E-state index >= 15 is 0 Å². The van der Waals surface area contributed by atoms with Gasteiger partial charge in [-0.15, -0.1) is 0 Å². The van der Waals surface area contributed by atoms with Crippen molar-refractivity contribution in [3.05, 3.63) is 29.3 Å². The number of methoxy groups -OCH3 is 1. The first-order chi connectivity index (χ1) is 11.6. The van der Waals surface area contributed by atoms with Crippen LogP contribution in [0.15, 0.2) is 18.2 Å². The van der Waals surface area contributed by atoms with Gasteiger partial charge in [0.05, 0.1) is 25.2 Å². The third-order valence-electron chi connectivity index (χ3n) is 4.67. The summed E-state index contributed by atoms with van der Waals surface area (Å²) < 4.78 is 10.7. The van der Waals surface area contributed by atoms with Crippen LogP contribution in [-0.4, -0.2) is 50.1 Å². The third-order valence-corrected chi connectivity index (χ3v) is 4.67. The zero-order valence-electron chi connectivity index (χ0n) is 14.2. The summed E-state index contributed by atoms with van der Waals surface area (Å²) in [6, 6.07) is 5.97. The van der Waals surface area contributed by atoms with Crippen molar-refractivity contribution in [2.75, 3.05) is 33.4 Å². The van der Waals surface area contributed by atoms with Gasteiger partial charge >= 0.3 is 0 Å². The molecule has 1 aromatic rings. The average Bonchev–Trinajstić information content (AvgIpc) is 2.94. The van der Waals surface area contributed by atoms with E-state index in [-0.39, 0.29) is 30.2 Å². The molecule has 24 heavy (non-hydrogen) atoms. The Kier molecular flexibility index (Phi) is 5.04. The monoisotopic (exact) mass is 332 g/mol. The fourth-order valence-corrected chi connectivity index (χ4v) is 3.32. The number of hydrogen-bond donors (Lipinski definition) is 1. The van der Waals surface area contributed by atoms with Crippen LogP contribution in [0.3, 0.4) is 0 Å². The van der Waals surface area contributed by atoms with Crippen LogP contribution in [0.1, 0.15) is 30.0 Å². The molecule has 1 saturated heterocycles. The highest BCUT2D eigenvalue weighted by Crippen LogP contribution is 2.33. The number of benzene rings is 1. The molecule has 2 heterocycles. The Morgan fingerprint density at radius 2 is 2.29 bits per heavy atom. The summed E-state index contributed by atoms with van der Waals surface area (Å²) in [6.07, 6.45) is 1.02. The van der Waals surface area contributed by atoms with E-state index < -0.39 is 0 Å². The lowest BCUT2D eigenvalue weighted by Gasteiger charge is -2.28. The number of nitrogens with one attached hydrogen (secondary N) is 1. The smallest absolute Gasteiger partial charge is 0.225 e. The van der Waals surface area contributed by atoms with E-state index in [1.807, 2.05) is 19.1 Å². The highest BCUT2D eigenvalue weighted by atomic mass is 16.5. The standard InChI is InChI=1S/C18H24N2O4/c1-12-3-4-16-14(9-12)15(5-7-24-16)19-18(22)13-10-17(21)20(11-13)6-8-23-2/h3-4,9,13,15H,5-8,10-11H2,1-2H3,(H,19,22). The topological polar surface area (TPSA) is 67.9 Å². The summed E-state index contributed by atoms with van der Waals surface area (Å²) in [5, 5.41) is 3.11. The molecule has 1 fully saturated rings. The van der Waals surface area contributed by atoms with E-state index in [4.69, 9.17) is 9.47 Å². The number of aryl methyl sites for hydroxylation is 1. The Hall–Kier alpha value is -2.08. The van der Waals surface area contributed by atoms with Crippen LogP contribution in [0, 0.1) is 12.8 Å². The average molecular weight is 332 g/mol. The van der Waals surface area contributed by atoms with E-state index in [1.54, 1.807) is 12.0 Å². The first-order valence-corrected chi connectivity index (χ1v) is 8.39. The quantitative estimate of drug-likeness (QED) is 0.886. The molecule has 6 heteroatoms. The van der Waals surface area contributed by atoms with Gasteiger partial charge in [-0.25, -0.2) is 0 Å². The molecule has 6 nitrogen and oxygen atoms in total. The summed E-state index contributed by atoms with van der Waals surface area (Å²) in [4.78, 5) is 26.3. The van der Waals surface area contributed by atoms with Gasteiger partial charge in [0.2, 0.25) is 11.8 Å². The van der Waals surface area contributed by atoms with Crippen LogP contribution in [0.4, 0.5) is 0 Å². The number of nitrogens with zero attached hydrogens (tertiary/aromatic N) is 1. The summed E-state index contributed by atoms with van der Waals surface area (Å²) in [5.74, 6) is 0.518. The lowest BCUT2D eigenvalue weighted by atomic mass is 9.97. The lowest BCUT2D eigenvalue weighted by molar-refractivity contribution is -0.129. The number of carbonyl (C=O) groups excluding carboxylic acids is 2. The second kappa shape index (κ2) is 7.21. The van der Waals surface area contributed by atoms with Crippen molar-refractivity contribution in [2.45, 2.75) is 25.8 Å². The molecule has 130 valence electrons. The number of amides is 2. The van der Waals surface area contributed by atoms with Gasteiger partial charge in [-0.3, -0.25) is 9.59 Å². The zero-order chi connectivity index (χ0) is 17.1. The van der Waals surface area contributed by atoms with Crippen molar-refractivity contribution < 1.29 is 19.1 Å². The van der Waals surface area contributed by atoms with Gasteiger partial charge in [0, 0.05) is 38.6 Å². The largest absolute Gasteiger partial charge is 0.493 e. The van der Waals surface area contributed by atoms with E-state index in [1.165, 1.54) is 0 Å². The molecule has 2 aliphatic rings. The van der Waals surface area contributed by atoms with Crippen molar-refractivity contribution >= 4 is 11.8 Å².